The summed E-state index contributed by atoms with van der Waals surface area (Å²) in [5, 5.41) is 3.89. The fourth-order valence-corrected chi connectivity index (χ4v) is 5.18. The van der Waals surface area contributed by atoms with E-state index in [0.29, 0.717) is 38.2 Å². The third kappa shape index (κ3) is 4.94. The van der Waals surface area contributed by atoms with Crippen LogP contribution < -0.4 is 4.90 Å². The lowest BCUT2D eigenvalue weighted by atomic mass is 10.1. The van der Waals surface area contributed by atoms with Gasteiger partial charge in [-0.05, 0) is 36.8 Å². The average Bonchev–Trinajstić information content (AvgIpc) is 3.49. The number of thiazole rings is 1. The summed E-state index contributed by atoms with van der Waals surface area (Å²) in [4.78, 5) is 26.3. The Hall–Kier alpha value is -3.17. The molecule has 1 aliphatic rings. The third-order valence-electron chi connectivity index (χ3n) is 5.59. The predicted molar refractivity (Wildman–Crippen MR) is 130 cm³/mol. The van der Waals surface area contributed by atoms with Crippen molar-refractivity contribution in [3.8, 4) is 11.3 Å². The van der Waals surface area contributed by atoms with Gasteiger partial charge in [0.05, 0.1) is 10.7 Å². The molecule has 2 aromatic carbocycles. The molecule has 1 aliphatic heterocycles. The number of amides is 1. The van der Waals surface area contributed by atoms with Crippen LogP contribution in [0.25, 0.3) is 11.3 Å². The number of benzene rings is 2. The lowest BCUT2D eigenvalue weighted by Crippen LogP contribution is -2.48. The van der Waals surface area contributed by atoms with Crippen LogP contribution >= 0.6 is 22.9 Å². The highest BCUT2D eigenvalue weighted by Crippen LogP contribution is 2.24. The van der Waals surface area contributed by atoms with E-state index in [9.17, 15) is 9.18 Å². The normalized spacial score (nSPS) is 14.0. The molecule has 0 bridgehead atoms. The molecule has 9 heteroatoms. The van der Waals surface area contributed by atoms with Gasteiger partial charge in [0.2, 0.25) is 5.13 Å². The molecule has 0 saturated carbocycles. The van der Waals surface area contributed by atoms with Crippen LogP contribution in [0, 0.1) is 12.7 Å². The first-order valence-electron chi connectivity index (χ1n) is 10.7. The second-order valence-corrected chi connectivity index (χ2v) is 9.70. The van der Waals surface area contributed by atoms with Crippen LogP contribution in [-0.4, -0.2) is 51.3 Å². The van der Waals surface area contributed by atoms with E-state index in [-0.39, 0.29) is 11.7 Å². The van der Waals surface area contributed by atoms with Gasteiger partial charge in [0.15, 0.2) is 0 Å². The Balaban J connectivity index is 1.20. The molecular formula is C24H22FN5OS2. The Bertz CT molecular complexity index is 1260. The van der Waals surface area contributed by atoms with E-state index in [1.54, 1.807) is 23.5 Å². The Labute approximate surface area is 199 Å². The highest BCUT2D eigenvalue weighted by molar-refractivity contribution is 7.10. The van der Waals surface area contributed by atoms with Crippen LogP contribution in [0.1, 0.15) is 26.8 Å². The van der Waals surface area contributed by atoms with Crippen LogP contribution in [0.3, 0.4) is 0 Å². The monoisotopic (exact) mass is 479 g/mol. The van der Waals surface area contributed by atoms with Crippen molar-refractivity contribution < 1.29 is 9.18 Å². The number of piperazine rings is 1. The Morgan fingerprint density at radius 2 is 1.85 bits per heavy atom. The zero-order valence-electron chi connectivity index (χ0n) is 18.1. The van der Waals surface area contributed by atoms with E-state index in [2.05, 4.69) is 19.2 Å². The fraction of sp³-hybridized carbons (Fsp3) is 0.250. The SMILES string of the molecule is Cc1nc(-c2cccc(C(=O)N3CCN(c4nc(Cc5ccc(F)cc5)ns4)CC3)c2)cs1. The molecular weight excluding hydrogens is 457 g/mol. The smallest absolute Gasteiger partial charge is 0.253 e. The maximum absolute atomic E-state index is 13.1. The zero-order valence-corrected chi connectivity index (χ0v) is 19.7. The van der Waals surface area contributed by atoms with Crippen molar-refractivity contribution in [2.75, 3.05) is 31.1 Å². The van der Waals surface area contributed by atoms with Crippen LogP contribution in [-0.2, 0) is 6.42 Å². The number of carbonyl (C=O) groups is 1. The molecule has 168 valence electrons. The second-order valence-electron chi connectivity index (χ2n) is 7.91. The lowest BCUT2D eigenvalue weighted by Gasteiger charge is -2.34. The van der Waals surface area contributed by atoms with Crippen LogP contribution in [0.2, 0.25) is 0 Å². The number of aryl methyl sites for hydroxylation is 1. The van der Waals surface area contributed by atoms with Gasteiger partial charge in [0.1, 0.15) is 11.6 Å². The van der Waals surface area contributed by atoms with Gasteiger partial charge in [0.25, 0.3) is 5.91 Å². The predicted octanol–water partition coefficient (Wildman–Crippen LogP) is 4.66. The number of hydrogen-bond donors (Lipinski definition) is 0. The number of nitrogens with zero attached hydrogens (tertiary/aromatic N) is 5. The minimum absolute atomic E-state index is 0.0396. The van der Waals surface area contributed by atoms with E-state index in [4.69, 9.17) is 0 Å². The minimum atomic E-state index is -0.247. The summed E-state index contributed by atoms with van der Waals surface area (Å²) >= 11 is 2.97. The minimum Gasteiger partial charge on any atom is -0.343 e. The zero-order chi connectivity index (χ0) is 22.8. The fourth-order valence-electron chi connectivity index (χ4n) is 3.82. The molecule has 0 aliphatic carbocycles. The second kappa shape index (κ2) is 9.36. The van der Waals surface area contributed by atoms with E-state index in [1.165, 1.54) is 23.7 Å². The number of rotatable bonds is 5. The van der Waals surface area contributed by atoms with Crippen molar-refractivity contribution in [1.29, 1.82) is 0 Å². The standard InChI is InChI=1S/C24H22FN5OS2/c1-16-26-21(15-32-16)18-3-2-4-19(14-18)23(31)29-9-11-30(12-10-29)24-27-22(28-33-24)13-17-5-7-20(25)8-6-17/h2-8,14-15H,9-13H2,1H3. The van der Waals surface area contributed by atoms with Crippen molar-refractivity contribution in [2.45, 2.75) is 13.3 Å². The van der Waals surface area contributed by atoms with Crippen molar-refractivity contribution in [1.82, 2.24) is 19.2 Å². The Morgan fingerprint density at radius 1 is 1.06 bits per heavy atom. The summed E-state index contributed by atoms with van der Waals surface area (Å²) in [6.07, 6.45) is 0.573. The summed E-state index contributed by atoms with van der Waals surface area (Å²) in [7, 11) is 0. The summed E-state index contributed by atoms with van der Waals surface area (Å²) in [5.74, 6) is 0.523. The van der Waals surface area contributed by atoms with Crippen LogP contribution in [0.5, 0.6) is 0 Å². The molecule has 1 amide bonds. The van der Waals surface area contributed by atoms with E-state index in [1.807, 2.05) is 41.5 Å². The van der Waals surface area contributed by atoms with Crippen LogP contribution in [0.4, 0.5) is 9.52 Å². The van der Waals surface area contributed by atoms with Gasteiger partial charge >= 0.3 is 0 Å². The molecule has 3 heterocycles. The Kier molecular flexibility index (Phi) is 6.15. The number of hydrogen-bond acceptors (Lipinski definition) is 7. The number of carbonyl (C=O) groups excluding carboxylic acids is 1. The highest BCUT2D eigenvalue weighted by Gasteiger charge is 2.24. The number of aromatic nitrogens is 3. The summed E-state index contributed by atoms with van der Waals surface area (Å²) in [5.41, 5.74) is 3.53. The van der Waals surface area contributed by atoms with Crippen molar-refractivity contribution in [3.05, 3.63) is 81.7 Å². The molecule has 2 aromatic heterocycles. The molecule has 1 saturated heterocycles. The van der Waals surface area contributed by atoms with Gasteiger partial charge in [-0.2, -0.15) is 4.37 Å². The van der Waals surface area contributed by atoms with Gasteiger partial charge in [-0.3, -0.25) is 4.79 Å². The first kappa shape index (κ1) is 21.7. The lowest BCUT2D eigenvalue weighted by molar-refractivity contribution is 0.0747. The molecule has 0 N–H and O–H groups in total. The van der Waals surface area contributed by atoms with Gasteiger partial charge in [-0.25, -0.2) is 14.4 Å². The number of anilines is 1. The Morgan fingerprint density at radius 3 is 2.58 bits per heavy atom. The number of halogens is 1. The van der Waals surface area contributed by atoms with Crippen LogP contribution in [0.15, 0.2) is 53.9 Å². The topological polar surface area (TPSA) is 62.2 Å². The van der Waals surface area contributed by atoms with Crippen molar-refractivity contribution >= 4 is 33.9 Å². The molecule has 5 rings (SSSR count). The van der Waals surface area contributed by atoms with Gasteiger partial charge in [-0.15, -0.1) is 11.3 Å². The summed E-state index contributed by atoms with van der Waals surface area (Å²) in [6.45, 7) is 4.66. The molecule has 0 atom stereocenters. The molecule has 4 aromatic rings. The van der Waals surface area contributed by atoms with Crippen molar-refractivity contribution in [3.63, 3.8) is 0 Å². The molecule has 6 nitrogen and oxygen atoms in total. The summed E-state index contributed by atoms with van der Waals surface area (Å²) in [6, 6.07) is 14.1. The molecule has 33 heavy (non-hydrogen) atoms. The van der Waals surface area contributed by atoms with Crippen molar-refractivity contribution in [2.24, 2.45) is 0 Å². The third-order valence-corrected chi connectivity index (χ3v) is 7.18. The van der Waals surface area contributed by atoms with E-state index in [0.717, 1.165) is 32.8 Å². The maximum Gasteiger partial charge on any atom is 0.253 e. The molecule has 0 unspecified atom stereocenters. The first-order valence-corrected chi connectivity index (χ1v) is 12.3. The quantitative estimate of drug-likeness (QED) is 0.417. The van der Waals surface area contributed by atoms with Gasteiger partial charge in [0, 0.05) is 60.6 Å². The largest absolute Gasteiger partial charge is 0.343 e. The maximum atomic E-state index is 13.1. The van der Waals surface area contributed by atoms with Gasteiger partial charge < -0.3 is 9.80 Å². The average molecular weight is 480 g/mol. The molecule has 0 radical (unpaired) electrons. The highest BCUT2D eigenvalue weighted by atomic mass is 32.1. The first-order chi connectivity index (χ1) is 16.0. The molecule has 0 spiro atoms. The molecule has 1 fully saturated rings. The van der Waals surface area contributed by atoms with E-state index >= 15 is 0 Å². The van der Waals surface area contributed by atoms with Gasteiger partial charge in [-0.1, -0.05) is 24.3 Å². The summed E-state index contributed by atoms with van der Waals surface area (Å²) < 4.78 is 17.6. The van der Waals surface area contributed by atoms with E-state index < -0.39 is 0 Å².